The molecule has 2 rings (SSSR count). The number of nitrogens with one attached hydrogen (secondary N) is 1. The van der Waals surface area contributed by atoms with Crippen molar-refractivity contribution in [3.05, 3.63) is 59.6 Å². The molecule has 126 valence electrons. The summed E-state index contributed by atoms with van der Waals surface area (Å²) in [5.41, 5.74) is 6.58. The monoisotopic (exact) mass is 329 g/mol. The topological polar surface area (TPSA) is 77.2 Å². The van der Waals surface area contributed by atoms with Crippen molar-refractivity contribution in [2.45, 2.75) is 20.3 Å². The number of nitrogen functional groups attached to an aromatic ring is 1. The predicted octanol–water partition coefficient (Wildman–Crippen LogP) is 3.71. The van der Waals surface area contributed by atoms with Gasteiger partial charge in [-0.25, -0.2) is 4.98 Å². The lowest BCUT2D eigenvalue weighted by atomic mass is 10.1. The summed E-state index contributed by atoms with van der Waals surface area (Å²) < 4.78 is 18.9. The maximum absolute atomic E-state index is 13.3. The quantitative estimate of drug-likeness (QED) is 0.481. The summed E-state index contributed by atoms with van der Waals surface area (Å²) in [5, 5.41) is 2.71. The number of carbonyl (C=O) groups is 1. The van der Waals surface area contributed by atoms with Crippen LogP contribution in [-0.4, -0.2) is 17.5 Å². The number of nitrogens with zero attached hydrogens (tertiary/aromatic N) is 1. The molecule has 1 aromatic heterocycles. The van der Waals surface area contributed by atoms with E-state index in [0.29, 0.717) is 18.0 Å². The van der Waals surface area contributed by atoms with Crippen molar-refractivity contribution >= 4 is 17.4 Å². The fourth-order valence-corrected chi connectivity index (χ4v) is 2.06. The Bertz CT molecular complexity index is 760. The molecule has 5 nitrogen and oxygen atoms in total. The molecule has 0 atom stereocenters. The van der Waals surface area contributed by atoms with Gasteiger partial charge >= 0.3 is 0 Å². The first kappa shape index (κ1) is 17.5. The van der Waals surface area contributed by atoms with Crippen LogP contribution < -0.4 is 15.8 Å². The number of anilines is 2. The molecule has 0 aliphatic heterocycles. The third-order valence-corrected chi connectivity index (χ3v) is 3.31. The zero-order valence-corrected chi connectivity index (χ0v) is 13.7. The standard InChI is InChI=1S/C18H20FN3O2/c1-3-4-5-9-24-14-8-6-7-13(11-14)21-18(23)15-10-12(2)16(19)22-17(15)20/h3-4,6-8,10-11H,5,9H2,1-2H3,(H2,20,22)(H,21,23). The van der Waals surface area contributed by atoms with E-state index in [-0.39, 0.29) is 16.9 Å². The Morgan fingerprint density at radius 2 is 2.21 bits per heavy atom. The van der Waals surface area contributed by atoms with Gasteiger partial charge in [0.05, 0.1) is 12.2 Å². The summed E-state index contributed by atoms with van der Waals surface area (Å²) >= 11 is 0. The third-order valence-electron chi connectivity index (χ3n) is 3.31. The number of pyridine rings is 1. The van der Waals surface area contributed by atoms with Gasteiger partial charge in [-0.2, -0.15) is 4.39 Å². The van der Waals surface area contributed by atoms with Crippen molar-refractivity contribution in [1.29, 1.82) is 0 Å². The predicted molar refractivity (Wildman–Crippen MR) is 92.7 cm³/mol. The highest BCUT2D eigenvalue weighted by Crippen LogP contribution is 2.20. The first-order chi connectivity index (χ1) is 11.5. The van der Waals surface area contributed by atoms with Crippen LogP contribution in [-0.2, 0) is 0 Å². The maximum Gasteiger partial charge on any atom is 0.259 e. The normalized spacial score (nSPS) is 10.8. The number of hydrogen-bond acceptors (Lipinski definition) is 4. The number of halogens is 1. The second-order valence-electron chi connectivity index (χ2n) is 5.22. The Morgan fingerprint density at radius 1 is 1.42 bits per heavy atom. The van der Waals surface area contributed by atoms with E-state index in [1.165, 1.54) is 13.0 Å². The minimum absolute atomic E-state index is 0.133. The Labute approximate surface area is 140 Å². The van der Waals surface area contributed by atoms with Gasteiger partial charge in [-0.1, -0.05) is 18.2 Å². The smallest absolute Gasteiger partial charge is 0.259 e. The summed E-state index contributed by atoms with van der Waals surface area (Å²) in [7, 11) is 0. The minimum atomic E-state index is -0.680. The van der Waals surface area contributed by atoms with Gasteiger partial charge in [0.15, 0.2) is 0 Å². The zero-order chi connectivity index (χ0) is 17.5. The lowest BCUT2D eigenvalue weighted by Gasteiger charge is -2.10. The average Bonchev–Trinajstić information content (AvgIpc) is 2.55. The zero-order valence-electron chi connectivity index (χ0n) is 13.7. The number of rotatable bonds is 6. The fraction of sp³-hybridized carbons (Fsp3) is 0.222. The van der Waals surface area contributed by atoms with E-state index in [0.717, 1.165) is 6.42 Å². The number of amides is 1. The maximum atomic E-state index is 13.3. The van der Waals surface area contributed by atoms with Crippen LogP contribution in [0.15, 0.2) is 42.5 Å². The van der Waals surface area contributed by atoms with Crippen LogP contribution in [0.4, 0.5) is 15.9 Å². The van der Waals surface area contributed by atoms with Crippen LogP contribution in [0.25, 0.3) is 0 Å². The molecular weight excluding hydrogens is 309 g/mol. The number of allylic oxidation sites excluding steroid dienone is 1. The highest BCUT2D eigenvalue weighted by atomic mass is 19.1. The summed E-state index contributed by atoms with van der Waals surface area (Å²) in [4.78, 5) is 15.8. The Kier molecular flexibility index (Phi) is 5.89. The van der Waals surface area contributed by atoms with Gasteiger partial charge in [0.25, 0.3) is 5.91 Å². The fourth-order valence-electron chi connectivity index (χ4n) is 2.06. The molecule has 0 saturated carbocycles. The molecule has 6 heteroatoms. The first-order valence-electron chi connectivity index (χ1n) is 7.59. The molecule has 0 fully saturated rings. The Balaban J connectivity index is 2.08. The molecule has 1 heterocycles. The molecule has 0 radical (unpaired) electrons. The van der Waals surface area contributed by atoms with Crippen molar-refractivity contribution in [3.63, 3.8) is 0 Å². The van der Waals surface area contributed by atoms with Crippen molar-refractivity contribution < 1.29 is 13.9 Å². The van der Waals surface area contributed by atoms with Crippen molar-refractivity contribution in [2.75, 3.05) is 17.7 Å². The van der Waals surface area contributed by atoms with Crippen molar-refractivity contribution in [1.82, 2.24) is 4.98 Å². The van der Waals surface area contributed by atoms with Crippen LogP contribution in [0, 0.1) is 12.9 Å². The molecule has 0 aliphatic carbocycles. The van der Waals surface area contributed by atoms with Crippen LogP contribution >= 0.6 is 0 Å². The van der Waals surface area contributed by atoms with Gasteiger partial charge in [-0.15, -0.1) is 0 Å². The van der Waals surface area contributed by atoms with E-state index >= 15 is 0 Å². The Hall–Kier alpha value is -2.89. The van der Waals surface area contributed by atoms with Crippen LogP contribution in [0.3, 0.4) is 0 Å². The number of carbonyl (C=O) groups excluding carboxylic acids is 1. The number of hydrogen-bond donors (Lipinski definition) is 2. The number of nitrogens with two attached hydrogens (primary N) is 1. The highest BCUT2D eigenvalue weighted by molar-refractivity contribution is 6.07. The molecule has 24 heavy (non-hydrogen) atoms. The third kappa shape index (κ3) is 4.55. The number of aryl methyl sites for hydroxylation is 1. The van der Waals surface area contributed by atoms with Crippen LogP contribution in [0.5, 0.6) is 5.75 Å². The largest absolute Gasteiger partial charge is 0.493 e. The molecule has 1 aromatic carbocycles. The summed E-state index contributed by atoms with van der Waals surface area (Å²) in [6.45, 7) is 4.03. The molecule has 2 aromatic rings. The summed E-state index contributed by atoms with van der Waals surface area (Å²) in [5.74, 6) is -0.622. The number of benzene rings is 1. The van der Waals surface area contributed by atoms with Gasteiger partial charge in [0.1, 0.15) is 11.6 Å². The van der Waals surface area contributed by atoms with Gasteiger partial charge in [-0.3, -0.25) is 4.79 Å². The lowest BCUT2D eigenvalue weighted by molar-refractivity contribution is 0.102. The molecule has 3 N–H and O–H groups in total. The number of ether oxygens (including phenoxy) is 1. The van der Waals surface area contributed by atoms with Gasteiger partial charge < -0.3 is 15.8 Å². The summed E-state index contributed by atoms with van der Waals surface area (Å²) in [6, 6.07) is 8.41. The molecular formula is C18H20FN3O2. The summed E-state index contributed by atoms with van der Waals surface area (Å²) in [6.07, 6.45) is 4.78. The van der Waals surface area contributed by atoms with Crippen molar-refractivity contribution in [3.8, 4) is 5.75 Å². The SMILES string of the molecule is CC=CCCOc1cccc(NC(=O)c2cc(C)c(F)nc2N)c1. The Morgan fingerprint density at radius 3 is 2.96 bits per heavy atom. The van der Waals surface area contributed by atoms with E-state index < -0.39 is 11.9 Å². The molecule has 0 saturated heterocycles. The molecule has 1 amide bonds. The van der Waals surface area contributed by atoms with E-state index in [1.807, 2.05) is 25.1 Å². The second-order valence-corrected chi connectivity index (χ2v) is 5.22. The first-order valence-corrected chi connectivity index (χ1v) is 7.59. The van der Waals surface area contributed by atoms with Gasteiger partial charge in [-0.05, 0) is 38.5 Å². The second kappa shape index (κ2) is 8.10. The van der Waals surface area contributed by atoms with Gasteiger partial charge in [0, 0.05) is 17.3 Å². The van der Waals surface area contributed by atoms with Gasteiger partial charge in [0.2, 0.25) is 5.95 Å². The average molecular weight is 329 g/mol. The van der Waals surface area contributed by atoms with Crippen molar-refractivity contribution in [2.24, 2.45) is 0 Å². The van der Waals surface area contributed by atoms with Crippen LogP contribution in [0.1, 0.15) is 29.3 Å². The molecule has 0 spiro atoms. The molecule has 0 aliphatic rings. The van der Waals surface area contributed by atoms with E-state index in [2.05, 4.69) is 10.3 Å². The van der Waals surface area contributed by atoms with Crippen LogP contribution in [0.2, 0.25) is 0 Å². The number of aromatic nitrogens is 1. The highest BCUT2D eigenvalue weighted by Gasteiger charge is 2.14. The molecule has 0 bridgehead atoms. The minimum Gasteiger partial charge on any atom is -0.493 e. The lowest BCUT2D eigenvalue weighted by Crippen LogP contribution is -2.16. The molecule has 0 unspecified atom stereocenters. The van der Waals surface area contributed by atoms with E-state index in [9.17, 15) is 9.18 Å². The van der Waals surface area contributed by atoms with E-state index in [4.69, 9.17) is 10.5 Å². The van der Waals surface area contributed by atoms with E-state index in [1.54, 1.807) is 18.2 Å².